The fourth-order valence-electron chi connectivity index (χ4n) is 0.931. The minimum absolute atomic E-state index is 0.00769. The van der Waals surface area contributed by atoms with E-state index < -0.39 is 0 Å². The van der Waals surface area contributed by atoms with E-state index in [0.717, 1.165) is 0 Å². The lowest BCUT2D eigenvalue weighted by molar-refractivity contribution is 0.0540. The average molecular weight is 179 g/mol. The zero-order valence-corrected chi connectivity index (χ0v) is 7.23. The Morgan fingerprint density at radius 3 is 2.54 bits per heavy atom. The third-order valence-corrected chi connectivity index (χ3v) is 1.56. The summed E-state index contributed by atoms with van der Waals surface area (Å²) in [7, 11) is 0. The summed E-state index contributed by atoms with van der Waals surface area (Å²) in [4.78, 5) is 11.3. The van der Waals surface area contributed by atoms with Gasteiger partial charge in [0.1, 0.15) is 13.2 Å². The predicted octanol–water partition coefficient (Wildman–Crippen LogP) is 1.32. The number of carbonyl (C=O) groups is 1. The van der Waals surface area contributed by atoms with Crippen molar-refractivity contribution >= 4 is 5.78 Å². The molecule has 0 saturated heterocycles. The second-order valence-electron chi connectivity index (χ2n) is 2.55. The lowest BCUT2D eigenvalue weighted by Crippen LogP contribution is -2.10. The quantitative estimate of drug-likeness (QED) is 0.505. The summed E-state index contributed by atoms with van der Waals surface area (Å²) >= 11 is 0. The first-order valence-corrected chi connectivity index (χ1v) is 4.08. The topological polar surface area (TPSA) is 46.2 Å². The van der Waals surface area contributed by atoms with Gasteiger partial charge in [-0.15, -0.1) is 0 Å². The largest absolute Gasteiger partial charge is 0.371 e. The van der Waals surface area contributed by atoms with E-state index >= 15 is 0 Å². The van der Waals surface area contributed by atoms with Crippen LogP contribution in [-0.2, 0) is 9.84 Å². The van der Waals surface area contributed by atoms with Gasteiger partial charge in [0.25, 0.3) is 0 Å². The van der Waals surface area contributed by atoms with Crippen molar-refractivity contribution < 1.29 is 14.6 Å². The minimum atomic E-state index is -0.304. The first-order chi connectivity index (χ1) is 6.34. The number of ether oxygens (including phenoxy) is 1. The van der Waals surface area contributed by atoms with E-state index in [2.05, 4.69) is 0 Å². The monoisotopic (exact) mass is 179 g/mol. The van der Waals surface area contributed by atoms with E-state index in [4.69, 9.17) is 4.74 Å². The molecule has 0 atom stereocenters. The molecule has 0 aliphatic heterocycles. The number of benzene rings is 1. The summed E-state index contributed by atoms with van der Waals surface area (Å²) < 4.78 is 4.84. The molecular weight excluding hydrogens is 168 g/mol. The summed E-state index contributed by atoms with van der Waals surface area (Å²) in [6.07, 6.45) is 0. The Labute approximate surface area is 77.0 Å². The molecule has 0 N–H and O–H groups in total. The van der Waals surface area contributed by atoms with Gasteiger partial charge in [-0.3, -0.25) is 4.79 Å². The van der Waals surface area contributed by atoms with Gasteiger partial charge in [0.05, 0.1) is 6.61 Å². The number of ketones is 1. The van der Waals surface area contributed by atoms with Crippen molar-refractivity contribution in [1.29, 1.82) is 0 Å². The van der Waals surface area contributed by atoms with Crippen LogP contribution in [0.4, 0.5) is 0 Å². The molecule has 3 nitrogen and oxygen atoms in total. The van der Waals surface area contributed by atoms with Crippen molar-refractivity contribution in [2.75, 3.05) is 19.8 Å². The molecular formula is C10H11O3. The molecule has 0 fully saturated rings. The van der Waals surface area contributed by atoms with Crippen LogP contribution in [-0.4, -0.2) is 25.6 Å². The third kappa shape index (κ3) is 3.36. The maximum absolute atomic E-state index is 11.3. The van der Waals surface area contributed by atoms with Gasteiger partial charge in [-0.2, -0.15) is 0 Å². The Hall–Kier alpha value is -1.19. The highest BCUT2D eigenvalue weighted by molar-refractivity contribution is 5.96. The number of hydrogen-bond acceptors (Lipinski definition) is 2. The van der Waals surface area contributed by atoms with Crippen LogP contribution in [0.25, 0.3) is 0 Å². The van der Waals surface area contributed by atoms with Gasteiger partial charge in [0.15, 0.2) is 5.78 Å². The fraction of sp³-hybridized carbons (Fsp3) is 0.300. The van der Waals surface area contributed by atoms with Crippen LogP contribution in [0.5, 0.6) is 0 Å². The number of hydrogen-bond donors (Lipinski definition) is 0. The molecule has 0 unspecified atom stereocenters. The molecule has 0 bridgehead atoms. The molecule has 0 aromatic heterocycles. The van der Waals surface area contributed by atoms with Gasteiger partial charge in [0.2, 0.25) is 0 Å². The van der Waals surface area contributed by atoms with Crippen LogP contribution in [0.15, 0.2) is 30.3 Å². The zero-order chi connectivity index (χ0) is 9.52. The van der Waals surface area contributed by atoms with Crippen LogP contribution in [0, 0.1) is 0 Å². The number of Topliss-reactive ketones (excluding diaryl/α,β-unsaturated/α-hetero) is 1. The normalized spacial score (nSPS) is 9.92. The lowest BCUT2D eigenvalue weighted by atomic mass is 10.1. The Morgan fingerprint density at radius 1 is 1.23 bits per heavy atom. The van der Waals surface area contributed by atoms with Gasteiger partial charge >= 0.3 is 0 Å². The van der Waals surface area contributed by atoms with Crippen molar-refractivity contribution in [2.24, 2.45) is 0 Å². The van der Waals surface area contributed by atoms with Gasteiger partial charge in [0, 0.05) is 5.56 Å². The van der Waals surface area contributed by atoms with Gasteiger partial charge < -0.3 is 4.74 Å². The van der Waals surface area contributed by atoms with Crippen molar-refractivity contribution in [3.8, 4) is 0 Å². The van der Waals surface area contributed by atoms with Crippen LogP contribution < -0.4 is 0 Å². The van der Waals surface area contributed by atoms with E-state index in [1.165, 1.54) is 0 Å². The SMILES string of the molecule is [O]CCOCC(=O)c1ccccc1. The van der Waals surface area contributed by atoms with E-state index in [1.807, 2.05) is 6.07 Å². The fourth-order valence-corrected chi connectivity index (χ4v) is 0.931. The maximum atomic E-state index is 11.3. The van der Waals surface area contributed by atoms with Crippen molar-refractivity contribution in [3.05, 3.63) is 35.9 Å². The van der Waals surface area contributed by atoms with Crippen molar-refractivity contribution in [3.63, 3.8) is 0 Å². The third-order valence-electron chi connectivity index (χ3n) is 1.56. The average Bonchev–Trinajstić information content (AvgIpc) is 2.19. The summed E-state index contributed by atoms with van der Waals surface area (Å²) in [5.41, 5.74) is 0.619. The van der Waals surface area contributed by atoms with Gasteiger partial charge in [-0.05, 0) is 0 Å². The molecule has 69 valence electrons. The van der Waals surface area contributed by atoms with Crippen molar-refractivity contribution in [1.82, 2.24) is 0 Å². The van der Waals surface area contributed by atoms with Gasteiger partial charge in [-0.25, -0.2) is 5.11 Å². The molecule has 0 aliphatic rings. The summed E-state index contributed by atoms with van der Waals surface area (Å²) in [6.45, 7) is -0.215. The van der Waals surface area contributed by atoms with Crippen LogP contribution in [0.2, 0.25) is 0 Å². The molecule has 1 aromatic carbocycles. The highest BCUT2D eigenvalue weighted by Gasteiger charge is 2.03. The lowest BCUT2D eigenvalue weighted by Gasteiger charge is -2.00. The number of carbonyl (C=O) groups excluding carboxylic acids is 1. The summed E-state index contributed by atoms with van der Waals surface area (Å²) in [6, 6.07) is 8.88. The molecule has 3 heteroatoms. The molecule has 1 radical (unpaired) electrons. The second kappa shape index (κ2) is 5.45. The van der Waals surface area contributed by atoms with Crippen LogP contribution in [0.3, 0.4) is 0 Å². The van der Waals surface area contributed by atoms with E-state index in [1.54, 1.807) is 24.3 Å². The van der Waals surface area contributed by atoms with Crippen molar-refractivity contribution in [2.45, 2.75) is 0 Å². The molecule has 13 heavy (non-hydrogen) atoms. The summed E-state index contributed by atoms with van der Waals surface area (Å²) in [5.74, 6) is -0.0888. The van der Waals surface area contributed by atoms with E-state index in [0.29, 0.717) is 5.56 Å². The Kier molecular flexibility index (Phi) is 4.15. The Morgan fingerprint density at radius 2 is 1.92 bits per heavy atom. The molecule has 0 spiro atoms. The first-order valence-electron chi connectivity index (χ1n) is 4.08. The molecule has 1 rings (SSSR count). The molecule has 0 amide bonds. The van der Waals surface area contributed by atoms with Crippen LogP contribution in [0.1, 0.15) is 10.4 Å². The smallest absolute Gasteiger partial charge is 0.188 e. The highest BCUT2D eigenvalue weighted by atomic mass is 16.5. The maximum Gasteiger partial charge on any atom is 0.188 e. The molecule has 1 aromatic rings. The Bertz CT molecular complexity index is 256. The molecule has 0 aliphatic carbocycles. The van der Waals surface area contributed by atoms with E-state index in [-0.39, 0.29) is 25.6 Å². The van der Waals surface area contributed by atoms with Crippen LogP contribution >= 0.6 is 0 Å². The predicted molar refractivity (Wildman–Crippen MR) is 47.1 cm³/mol. The second-order valence-corrected chi connectivity index (χ2v) is 2.55. The minimum Gasteiger partial charge on any atom is -0.371 e. The number of rotatable bonds is 5. The standard InChI is InChI=1S/C10H11O3/c11-6-7-13-8-10(12)9-4-2-1-3-5-9/h1-5H,6-8H2. The molecule has 0 heterocycles. The highest BCUT2D eigenvalue weighted by Crippen LogP contribution is 1.99. The first kappa shape index (κ1) is 9.89. The Balaban J connectivity index is 2.40. The summed E-state index contributed by atoms with van der Waals surface area (Å²) in [5, 5.41) is 10.0. The molecule has 0 saturated carbocycles. The van der Waals surface area contributed by atoms with Gasteiger partial charge in [-0.1, -0.05) is 30.3 Å². The zero-order valence-electron chi connectivity index (χ0n) is 7.23. The van der Waals surface area contributed by atoms with E-state index in [9.17, 15) is 9.90 Å².